The first kappa shape index (κ1) is 14.4. The summed E-state index contributed by atoms with van der Waals surface area (Å²) in [6.45, 7) is 1.83. The summed E-state index contributed by atoms with van der Waals surface area (Å²) in [5.41, 5.74) is 0. The fraction of sp³-hybridized carbons (Fsp3) is 0.750. The summed E-state index contributed by atoms with van der Waals surface area (Å²) in [7, 11) is 0. The molecule has 0 aromatic carbocycles. The van der Waals surface area contributed by atoms with E-state index in [1.807, 2.05) is 6.92 Å². The average Bonchev–Trinajstić information content (AvgIpc) is 3.03. The number of alkyl halides is 1. The van der Waals surface area contributed by atoms with Crippen molar-refractivity contribution in [3.05, 3.63) is 0 Å². The van der Waals surface area contributed by atoms with Crippen molar-refractivity contribution in [2.24, 2.45) is 15.0 Å². The van der Waals surface area contributed by atoms with Crippen LogP contribution in [-0.2, 0) is 9.47 Å². The van der Waals surface area contributed by atoms with Gasteiger partial charge in [-0.25, -0.2) is 14.4 Å². The molecule has 0 aromatic heterocycles. The zero-order chi connectivity index (χ0) is 15.0. The summed E-state index contributed by atoms with van der Waals surface area (Å²) in [6.07, 6.45) is -2.78. The molecule has 6 atom stereocenters. The van der Waals surface area contributed by atoms with Crippen LogP contribution in [0, 0.1) is 0 Å². The molecular formula is C12H17FN4O4. The molecule has 2 N–H and O–H groups in total. The highest BCUT2D eigenvalue weighted by atomic mass is 19.1. The monoisotopic (exact) mass is 300 g/mol. The van der Waals surface area contributed by atoms with Gasteiger partial charge in [0.05, 0.1) is 19.6 Å². The van der Waals surface area contributed by atoms with E-state index in [2.05, 4.69) is 15.0 Å². The van der Waals surface area contributed by atoms with Crippen LogP contribution in [0.15, 0.2) is 15.0 Å². The molecule has 0 radical (unpaired) electrons. The van der Waals surface area contributed by atoms with E-state index in [1.54, 1.807) is 0 Å². The third-order valence-corrected chi connectivity index (χ3v) is 3.67. The molecule has 8 nitrogen and oxygen atoms in total. The molecule has 1 fully saturated rings. The van der Waals surface area contributed by atoms with Crippen LogP contribution in [0.3, 0.4) is 0 Å². The molecule has 3 aliphatic rings. The molecule has 0 aromatic rings. The molecule has 3 rings (SSSR count). The zero-order valence-corrected chi connectivity index (χ0v) is 11.4. The number of aliphatic hydroxyl groups is 2. The Morgan fingerprint density at radius 1 is 1.48 bits per heavy atom. The summed E-state index contributed by atoms with van der Waals surface area (Å²) in [6, 6.07) is -0.448. The first-order chi connectivity index (χ1) is 10.2. The summed E-state index contributed by atoms with van der Waals surface area (Å²) < 4.78 is 24.9. The molecule has 0 bridgehead atoms. The van der Waals surface area contributed by atoms with Gasteiger partial charge in [-0.15, -0.1) is 0 Å². The molecule has 3 aliphatic heterocycles. The number of rotatable bonds is 3. The molecule has 9 heteroatoms. The van der Waals surface area contributed by atoms with E-state index in [0.29, 0.717) is 12.5 Å². The minimum atomic E-state index is -1.66. The number of ether oxygens (including phenoxy) is 2. The van der Waals surface area contributed by atoms with E-state index in [1.165, 1.54) is 17.6 Å². The number of fused-ring (bicyclic) bond motifs is 1. The SMILES string of the molecule is CCOC1=NC=NC2C1N=CN2[C@@H]1O[C@H](CO)[C@@H](O)[C@H]1F. The molecule has 116 valence electrons. The third kappa shape index (κ3) is 2.30. The number of halogens is 1. The van der Waals surface area contributed by atoms with E-state index in [9.17, 15) is 9.50 Å². The van der Waals surface area contributed by atoms with Gasteiger partial charge >= 0.3 is 0 Å². The van der Waals surface area contributed by atoms with Gasteiger partial charge in [0.15, 0.2) is 24.6 Å². The normalized spacial score (nSPS) is 41.3. The van der Waals surface area contributed by atoms with E-state index >= 15 is 0 Å². The van der Waals surface area contributed by atoms with Gasteiger partial charge < -0.3 is 24.6 Å². The standard InChI is InChI=1S/C12H17FN4O4/c1-2-20-11-8-10(14-4-15-11)17(5-16-8)12-7(13)9(19)6(3-18)21-12/h4-10,12,18-19H,2-3H2,1H3/t6-,7-,8?,9-,10?,12-/m1/s1. The van der Waals surface area contributed by atoms with Crippen molar-refractivity contribution in [3.8, 4) is 0 Å². The molecule has 21 heavy (non-hydrogen) atoms. The first-order valence-corrected chi connectivity index (χ1v) is 6.78. The maximum absolute atomic E-state index is 14.2. The molecule has 3 heterocycles. The summed E-state index contributed by atoms with van der Waals surface area (Å²) in [4.78, 5) is 13.9. The van der Waals surface area contributed by atoms with Crippen molar-refractivity contribution in [3.63, 3.8) is 0 Å². The van der Waals surface area contributed by atoms with Gasteiger partial charge in [-0.2, -0.15) is 0 Å². The largest absolute Gasteiger partial charge is 0.479 e. The summed E-state index contributed by atoms with van der Waals surface area (Å²) in [5.74, 6) is 0.420. The minimum absolute atomic E-state index is 0.420. The molecular weight excluding hydrogens is 283 g/mol. The maximum Gasteiger partial charge on any atom is 0.219 e. The van der Waals surface area contributed by atoms with Crippen molar-refractivity contribution >= 4 is 18.6 Å². The van der Waals surface area contributed by atoms with Crippen LogP contribution in [0.25, 0.3) is 0 Å². The highest BCUT2D eigenvalue weighted by Gasteiger charge is 2.51. The quantitative estimate of drug-likeness (QED) is 0.690. The van der Waals surface area contributed by atoms with Crippen LogP contribution in [0.4, 0.5) is 4.39 Å². The lowest BCUT2D eigenvalue weighted by atomic mass is 10.1. The Kier molecular flexibility index (Phi) is 3.87. The van der Waals surface area contributed by atoms with E-state index < -0.39 is 43.4 Å². The predicted molar refractivity (Wildman–Crippen MR) is 72.1 cm³/mol. The Morgan fingerprint density at radius 2 is 2.29 bits per heavy atom. The van der Waals surface area contributed by atoms with Crippen LogP contribution < -0.4 is 0 Å². The van der Waals surface area contributed by atoms with E-state index in [-0.39, 0.29) is 0 Å². The Hall–Kier alpha value is -1.58. The minimum Gasteiger partial charge on any atom is -0.479 e. The second-order valence-corrected chi connectivity index (χ2v) is 4.92. The van der Waals surface area contributed by atoms with Crippen LogP contribution in [-0.4, -0.2) is 83.7 Å². The van der Waals surface area contributed by atoms with Crippen molar-refractivity contribution in [1.29, 1.82) is 0 Å². The zero-order valence-electron chi connectivity index (χ0n) is 11.4. The molecule has 0 spiro atoms. The van der Waals surface area contributed by atoms with Crippen molar-refractivity contribution in [2.75, 3.05) is 13.2 Å². The first-order valence-electron chi connectivity index (χ1n) is 6.78. The highest BCUT2D eigenvalue weighted by molar-refractivity contribution is 5.93. The number of nitrogens with zero attached hydrogens (tertiary/aromatic N) is 4. The number of aliphatic imine (C=N–C) groups is 3. The highest BCUT2D eigenvalue weighted by Crippen LogP contribution is 2.31. The van der Waals surface area contributed by atoms with Gasteiger partial charge in [0.1, 0.15) is 18.5 Å². The van der Waals surface area contributed by atoms with Crippen molar-refractivity contribution < 1.29 is 24.1 Å². The number of hydrogen-bond donors (Lipinski definition) is 2. The number of hydrogen-bond acceptors (Lipinski definition) is 8. The third-order valence-electron chi connectivity index (χ3n) is 3.67. The molecule has 0 saturated carbocycles. The molecule has 2 unspecified atom stereocenters. The fourth-order valence-electron chi connectivity index (χ4n) is 2.62. The summed E-state index contributed by atoms with van der Waals surface area (Å²) >= 11 is 0. The van der Waals surface area contributed by atoms with Crippen LogP contribution in [0.5, 0.6) is 0 Å². The van der Waals surface area contributed by atoms with Crippen LogP contribution in [0.2, 0.25) is 0 Å². The Bertz CT molecular complexity index is 486. The lowest BCUT2D eigenvalue weighted by Gasteiger charge is -2.31. The lowest BCUT2D eigenvalue weighted by Crippen LogP contribution is -2.49. The fourth-order valence-corrected chi connectivity index (χ4v) is 2.62. The van der Waals surface area contributed by atoms with Gasteiger partial charge in [-0.1, -0.05) is 0 Å². The van der Waals surface area contributed by atoms with E-state index in [0.717, 1.165) is 0 Å². The smallest absolute Gasteiger partial charge is 0.219 e. The second kappa shape index (κ2) is 5.66. The van der Waals surface area contributed by atoms with Crippen molar-refractivity contribution in [1.82, 2.24) is 4.90 Å². The second-order valence-electron chi connectivity index (χ2n) is 4.92. The van der Waals surface area contributed by atoms with Crippen molar-refractivity contribution in [2.45, 2.75) is 43.7 Å². The van der Waals surface area contributed by atoms with Gasteiger partial charge in [0, 0.05) is 0 Å². The van der Waals surface area contributed by atoms with Crippen LogP contribution in [0.1, 0.15) is 6.92 Å². The molecule has 0 aliphatic carbocycles. The Morgan fingerprint density at radius 3 is 2.95 bits per heavy atom. The van der Waals surface area contributed by atoms with E-state index in [4.69, 9.17) is 14.6 Å². The lowest BCUT2D eigenvalue weighted by molar-refractivity contribution is -0.0694. The molecule has 1 saturated heterocycles. The van der Waals surface area contributed by atoms with Gasteiger partial charge in [-0.3, -0.25) is 4.99 Å². The summed E-state index contributed by atoms with van der Waals surface area (Å²) in [5, 5.41) is 18.8. The van der Waals surface area contributed by atoms with Crippen LogP contribution >= 0.6 is 0 Å². The predicted octanol–water partition coefficient (Wildman–Crippen LogP) is -1.08. The average molecular weight is 300 g/mol. The maximum atomic E-state index is 14.2. The van der Waals surface area contributed by atoms with Gasteiger partial charge in [0.25, 0.3) is 0 Å². The van der Waals surface area contributed by atoms with Gasteiger partial charge in [-0.05, 0) is 6.92 Å². The van der Waals surface area contributed by atoms with Gasteiger partial charge in [0.2, 0.25) is 5.90 Å². The molecule has 0 amide bonds. The number of aliphatic hydroxyl groups excluding tert-OH is 2. The Labute approximate surface area is 120 Å². The Balaban J connectivity index is 1.76. The topological polar surface area (TPSA) is 99.2 Å².